The van der Waals surface area contributed by atoms with E-state index in [0.29, 0.717) is 11.8 Å². The van der Waals surface area contributed by atoms with E-state index in [4.69, 9.17) is 14.7 Å². The number of ether oxygens (including phenoxy) is 1. The first-order chi connectivity index (χ1) is 12.3. The highest BCUT2D eigenvalue weighted by molar-refractivity contribution is 8.00. The minimum absolute atomic E-state index is 0.0879. The van der Waals surface area contributed by atoms with Crippen LogP contribution in [-0.2, 0) is 16.1 Å². The normalized spacial score (nSPS) is 18.4. The summed E-state index contributed by atoms with van der Waals surface area (Å²) in [6.07, 6.45) is 2.22. The topological polar surface area (TPSA) is 67.4 Å². The Bertz CT molecular complexity index is 760. The van der Waals surface area contributed by atoms with Gasteiger partial charge in [0, 0.05) is 24.5 Å². The van der Waals surface area contributed by atoms with Crippen molar-refractivity contribution in [2.24, 2.45) is 0 Å². The molecule has 0 bridgehead atoms. The lowest BCUT2D eigenvalue weighted by Gasteiger charge is -2.25. The molecule has 132 valence electrons. The fourth-order valence-electron chi connectivity index (χ4n) is 2.86. The molecule has 2 heterocycles. The van der Waals surface area contributed by atoms with E-state index in [2.05, 4.69) is 10.2 Å². The predicted octanol–water partition coefficient (Wildman–Crippen LogP) is 1.83. The molecule has 1 aliphatic heterocycles. The van der Waals surface area contributed by atoms with Gasteiger partial charge in [0.05, 0.1) is 31.0 Å². The van der Waals surface area contributed by atoms with Gasteiger partial charge in [0.25, 0.3) is 0 Å². The van der Waals surface area contributed by atoms with Crippen LogP contribution in [0.4, 0.5) is 0 Å². The number of para-hydroxylation sites is 1. The maximum Gasteiger partial charge on any atom is 0.230 e. The Morgan fingerprint density at radius 2 is 2.04 bits per heavy atom. The van der Waals surface area contributed by atoms with E-state index in [1.54, 1.807) is 0 Å². The number of amides is 1. The molecule has 0 radical (unpaired) electrons. The van der Waals surface area contributed by atoms with Crippen molar-refractivity contribution in [3.63, 3.8) is 0 Å². The third-order valence-corrected chi connectivity index (χ3v) is 5.36. The summed E-state index contributed by atoms with van der Waals surface area (Å²) < 4.78 is 5.40. The van der Waals surface area contributed by atoms with Crippen molar-refractivity contribution in [2.45, 2.75) is 30.5 Å². The summed E-state index contributed by atoms with van der Waals surface area (Å²) in [5, 5.41) is 4.93. The molecule has 6 nitrogen and oxygen atoms in total. The van der Waals surface area contributed by atoms with Gasteiger partial charge in [-0.2, -0.15) is 0 Å². The zero-order valence-electron chi connectivity index (χ0n) is 14.1. The molecule has 0 spiro atoms. The number of hydrogen-bond acceptors (Lipinski definition) is 6. The largest absolute Gasteiger partial charge is 0.379 e. The molecule has 1 amide bonds. The molecule has 1 saturated carbocycles. The lowest BCUT2D eigenvalue weighted by Crippen LogP contribution is -2.36. The number of nitrogens with zero attached hydrogens (tertiary/aromatic N) is 3. The van der Waals surface area contributed by atoms with Gasteiger partial charge < -0.3 is 10.1 Å². The molecule has 0 atom stereocenters. The average molecular weight is 358 g/mol. The first-order valence-corrected chi connectivity index (χ1v) is 9.74. The van der Waals surface area contributed by atoms with Crippen molar-refractivity contribution in [2.75, 3.05) is 32.1 Å². The number of morpholine rings is 1. The summed E-state index contributed by atoms with van der Waals surface area (Å²) in [6.45, 7) is 4.05. The van der Waals surface area contributed by atoms with Crippen LogP contribution >= 0.6 is 11.8 Å². The predicted molar refractivity (Wildman–Crippen MR) is 97.5 cm³/mol. The summed E-state index contributed by atoms with van der Waals surface area (Å²) in [5.74, 6) is 1.30. The zero-order chi connectivity index (χ0) is 17.1. The Morgan fingerprint density at radius 3 is 2.84 bits per heavy atom. The van der Waals surface area contributed by atoms with Crippen molar-refractivity contribution < 1.29 is 9.53 Å². The second-order valence-electron chi connectivity index (χ2n) is 6.48. The summed E-state index contributed by atoms with van der Waals surface area (Å²) in [4.78, 5) is 23.8. The van der Waals surface area contributed by atoms with Crippen LogP contribution in [0.25, 0.3) is 10.9 Å². The van der Waals surface area contributed by atoms with E-state index in [-0.39, 0.29) is 5.91 Å². The number of carbonyl (C=O) groups is 1. The van der Waals surface area contributed by atoms with Gasteiger partial charge in [-0.1, -0.05) is 30.0 Å². The smallest absolute Gasteiger partial charge is 0.230 e. The Hall–Kier alpha value is -1.70. The number of thioether (sulfide) groups is 1. The van der Waals surface area contributed by atoms with Gasteiger partial charge in [-0.15, -0.1) is 0 Å². The molecular formula is C18H22N4O2S. The van der Waals surface area contributed by atoms with Crippen LogP contribution < -0.4 is 5.32 Å². The Labute approximate surface area is 151 Å². The summed E-state index contributed by atoms with van der Waals surface area (Å²) in [5.41, 5.74) is 0.936. The van der Waals surface area contributed by atoms with Crippen LogP contribution in [0.2, 0.25) is 0 Å². The average Bonchev–Trinajstić information content (AvgIpc) is 3.44. The number of rotatable bonds is 6. The molecule has 2 fully saturated rings. The van der Waals surface area contributed by atoms with Crippen molar-refractivity contribution >= 4 is 28.6 Å². The number of nitrogens with one attached hydrogen (secondary N) is 1. The Balaban J connectivity index is 1.51. The van der Waals surface area contributed by atoms with E-state index >= 15 is 0 Å². The van der Waals surface area contributed by atoms with Gasteiger partial charge in [0.1, 0.15) is 10.9 Å². The highest BCUT2D eigenvalue weighted by Gasteiger charge is 2.23. The Morgan fingerprint density at radius 1 is 1.24 bits per heavy atom. The first kappa shape index (κ1) is 16.8. The summed E-state index contributed by atoms with van der Waals surface area (Å²) >= 11 is 1.50. The standard InChI is InChI=1S/C18H22N4O2S/c23-17(19-13-5-6-13)12-25-18-14-3-1-2-4-15(14)20-16(21-18)11-22-7-9-24-10-8-22/h1-4,13H,5-12H2,(H,19,23). The number of hydrogen-bond donors (Lipinski definition) is 1. The lowest BCUT2D eigenvalue weighted by molar-refractivity contribution is -0.118. The van der Waals surface area contributed by atoms with Crippen LogP contribution in [0.5, 0.6) is 0 Å². The van der Waals surface area contributed by atoms with Gasteiger partial charge in [-0.05, 0) is 18.9 Å². The summed E-state index contributed by atoms with van der Waals surface area (Å²) in [6, 6.07) is 8.40. The minimum Gasteiger partial charge on any atom is -0.379 e. The van der Waals surface area contributed by atoms with Crippen LogP contribution in [0.3, 0.4) is 0 Å². The second kappa shape index (κ2) is 7.68. The lowest BCUT2D eigenvalue weighted by atomic mass is 10.2. The number of carbonyl (C=O) groups excluding carboxylic acids is 1. The molecule has 1 N–H and O–H groups in total. The number of benzene rings is 1. The Kier molecular flexibility index (Phi) is 5.14. The maximum absolute atomic E-state index is 12.0. The van der Waals surface area contributed by atoms with E-state index in [1.165, 1.54) is 11.8 Å². The third-order valence-electron chi connectivity index (χ3n) is 4.37. The van der Waals surface area contributed by atoms with Gasteiger partial charge in [-0.25, -0.2) is 9.97 Å². The van der Waals surface area contributed by atoms with Crippen LogP contribution in [0.1, 0.15) is 18.7 Å². The fourth-order valence-corrected chi connectivity index (χ4v) is 3.71. The molecule has 2 aliphatic rings. The van der Waals surface area contributed by atoms with Crippen LogP contribution in [0, 0.1) is 0 Å². The first-order valence-electron chi connectivity index (χ1n) is 8.76. The second-order valence-corrected chi connectivity index (χ2v) is 7.45. The molecule has 25 heavy (non-hydrogen) atoms. The molecule has 0 unspecified atom stereocenters. The molecule has 1 aromatic heterocycles. The van der Waals surface area contributed by atoms with E-state index in [9.17, 15) is 4.79 Å². The zero-order valence-corrected chi connectivity index (χ0v) is 14.9. The van der Waals surface area contributed by atoms with E-state index < -0.39 is 0 Å². The minimum atomic E-state index is 0.0879. The van der Waals surface area contributed by atoms with Gasteiger partial charge in [0.2, 0.25) is 5.91 Å². The highest BCUT2D eigenvalue weighted by atomic mass is 32.2. The van der Waals surface area contributed by atoms with Crippen molar-refractivity contribution in [1.82, 2.24) is 20.2 Å². The van der Waals surface area contributed by atoms with Gasteiger partial charge >= 0.3 is 0 Å². The van der Waals surface area contributed by atoms with Crippen molar-refractivity contribution in [1.29, 1.82) is 0 Å². The van der Waals surface area contributed by atoms with Gasteiger partial charge in [-0.3, -0.25) is 9.69 Å². The highest BCUT2D eigenvalue weighted by Crippen LogP contribution is 2.26. The third kappa shape index (κ3) is 4.48. The molecule has 7 heteroatoms. The number of fused-ring (bicyclic) bond motifs is 1. The maximum atomic E-state index is 12.0. The molecule has 4 rings (SSSR count). The van der Waals surface area contributed by atoms with Crippen LogP contribution in [-0.4, -0.2) is 58.9 Å². The molecule has 1 aliphatic carbocycles. The van der Waals surface area contributed by atoms with E-state index in [1.807, 2.05) is 24.3 Å². The molecule has 1 saturated heterocycles. The van der Waals surface area contributed by atoms with Crippen LogP contribution in [0.15, 0.2) is 29.3 Å². The summed E-state index contributed by atoms with van der Waals surface area (Å²) in [7, 11) is 0. The van der Waals surface area contributed by atoms with Gasteiger partial charge in [0.15, 0.2) is 0 Å². The van der Waals surface area contributed by atoms with E-state index in [0.717, 1.165) is 67.4 Å². The van der Waals surface area contributed by atoms with Crippen molar-refractivity contribution in [3.05, 3.63) is 30.1 Å². The fraction of sp³-hybridized carbons (Fsp3) is 0.500. The quantitative estimate of drug-likeness (QED) is 0.628. The molecule has 1 aromatic carbocycles. The number of aromatic nitrogens is 2. The molecular weight excluding hydrogens is 336 g/mol. The van der Waals surface area contributed by atoms with Crippen molar-refractivity contribution in [3.8, 4) is 0 Å². The SMILES string of the molecule is O=C(CSc1nc(CN2CCOCC2)nc2ccccc12)NC1CC1. The molecule has 2 aromatic rings. The monoisotopic (exact) mass is 358 g/mol.